The number of anilines is 2. The molecule has 4 heteroatoms. The molecular formula is C12H11N3S. The monoisotopic (exact) mass is 229 g/mol. The van der Waals surface area contributed by atoms with Crippen LogP contribution in [0.3, 0.4) is 0 Å². The van der Waals surface area contributed by atoms with Crippen LogP contribution in [0.4, 0.5) is 10.8 Å². The number of nitrogens with one attached hydrogen (secondary N) is 1. The Morgan fingerprint density at radius 3 is 2.44 bits per heavy atom. The van der Waals surface area contributed by atoms with E-state index < -0.39 is 0 Å². The molecule has 1 aromatic carbocycles. The van der Waals surface area contributed by atoms with Gasteiger partial charge in [-0.3, -0.25) is 0 Å². The molecule has 0 amide bonds. The highest BCUT2D eigenvalue weighted by atomic mass is 32.1. The molecule has 0 unspecified atom stereocenters. The molecule has 0 saturated carbocycles. The molecule has 3 nitrogen and oxygen atoms in total. The number of thiazole rings is 1. The summed E-state index contributed by atoms with van der Waals surface area (Å²) in [6, 6.07) is 9.42. The minimum absolute atomic E-state index is 0.664. The van der Waals surface area contributed by atoms with E-state index in [1.54, 1.807) is 23.5 Å². The molecular weight excluding hydrogens is 218 g/mol. The first-order chi connectivity index (χ1) is 7.69. The maximum Gasteiger partial charge on any atom is 0.187 e. The number of benzene rings is 1. The average molecular weight is 229 g/mol. The van der Waals surface area contributed by atoms with Crippen LogP contribution >= 0.6 is 11.3 Å². The van der Waals surface area contributed by atoms with E-state index in [4.69, 9.17) is 5.26 Å². The van der Waals surface area contributed by atoms with E-state index in [-0.39, 0.29) is 0 Å². The zero-order valence-corrected chi connectivity index (χ0v) is 9.93. The third-order valence-electron chi connectivity index (χ3n) is 2.29. The van der Waals surface area contributed by atoms with Crippen LogP contribution in [-0.4, -0.2) is 4.98 Å². The Kier molecular flexibility index (Phi) is 2.88. The van der Waals surface area contributed by atoms with Crippen LogP contribution in [0.2, 0.25) is 0 Å². The fourth-order valence-corrected chi connectivity index (χ4v) is 2.11. The maximum atomic E-state index is 8.68. The molecule has 0 saturated heterocycles. The van der Waals surface area contributed by atoms with Crippen molar-refractivity contribution in [1.82, 2.24) is 4.98 Å². The maximum absolute atomic E-state index is 8.68. The van der Waals surface area contributed by atoms with Crippen LogP contribution in [0, 0.1) is 25.2 Å². The average Bonchev–Trinajstić information content (AvgIpc) is 2.59. The summed E-state index contributed by atoms with van der Waals surface area (Å²) >= 11 is 1.63. The highest BCUT2D eigenvalue weighted by Gasteiger charge is 2.03. The quantitative estimate of drug-likeness (QED) is 0.858. The minimum Gasteiger partial charge on any atom is -0.332 e. The Bertz CT molecular complexity index is 515. The smallest absolute Gasteiger partial charge is 0.187 e. The van der Waals surface area contributed by atoms with Gasteiger partial charge in [-0.15, -0.1) is 11.3 Å². The number of aryl methyl sites for hydroxylation is 2. The second kappa shape index (κ2) is 4.33. The van der Waals surface area contributed by atoms with Gasteiger partial charge in [0.1, 0.15) is 0 Å². The van der Waals surface area contributed by atoms with E-state index in [2.05, 4.69) is 23.3 Å². The molecule has 0 atom stereocenters. The van der Waals surface area contributed by atoms with Gasteiger partial charge in [-0.05, 0) is 38.1 Å². The summed E-state index contributed by atoms with van der Waals surface area (Å²) < 4.78 is 0. The van der Waals surface area contributed by atoms with E-state index >= 15 is 0 Å². The standard InChI is InChI=1S/C12H11N3S/c1-8-9(2)16-12(14-8)15-11-5-3-10(7-13)4-6-11/h3-6H,1-2H3,(H,14,15). The van der Waals surface area contributed by atoms with Crippen molar-refractivity contribution in [3.63, 3.8) is 0 Å². The molecule has 0 aliphatic rings. The lowest BCUT2D eigenvalue weighted by molar-refractivity contribution is 1.23. The van der Waals surface area contributed by atoms with E-state index in [9.17, 15) is 0 Å². The first-order valence-electron chi connectivity index (χ1n) is 4.90. The summed E-state index contributed by atoms with van der Waals surface area (Å²) in [7, 11) is 0. The molecule has 1 N–H and O–H groups in total. The second-order valence-electron chi connectivity index (χ2n) is 3.47. The van der Waals surface area contributed by atoms with Crippen molar-refractivity contribution in [2.24, 2.45) is 0 Å². The van der Waals surface area contributed by atoms with Gasteiger partial charge in [0.2, 0.25) is 0 Å². The predicted octanol–water partition coefficient (Wildman–Crippen LogP) is 3.38. The minimum atomic E-state index is 0.664. The van der Waals surface area contributed by atoms with Crippen molar-refractivity contribution < 1.29 is 0 Å². The number of rotatable bonds is 2. The van der Waals surface area contributed by atoms with Crippen molar-refractivity contribution in [2.45, 2.75) is 13.8 Å². The molecule has 2 aromatic rings. The first kappa shape index (κ1) is 10.7. The van der Waals surface area contributed by atoms with Gasteiger partial charge in [0, 0.05) is 10.6 Å². The number of aromatic nitrogens is 1. The van der Waals surface area contributed by atoms with Crippen molar-refractivity contribution >= 4 is 22.2 Å². The van der Waals surface area contributed by atoms with Gasteiger partial charge in [0.15, 0.2) is 5.13 Å². The molecule has 0 fully saturated rings. The number of nitriles is 1. The number of hydrogen-bond donors (Lipinski definition) is 1. The number of hydrogen-bond acceptors (Lipinski definition) is 4. The topological polar surface area (TPSA) is 48.7 Å². The SMILES string of the molecule is Cc1nc(Nc2ccc(C#N)cc2)sc1C. The van der Waals surface area contributed by atoms with Crippen molar-refractivity contribution in [3.05, 3.63) is 40.4 Å². The van der Waals surface area contributed by atoms with Gasteiger partial charge in [-0.1, -0.05) is 0 Å². The van der Waals surface area contributed by atoms with Crippen LogP contribution in [-0.2, 0) is 0 Å². The summed E-state index contributed by atoms with van der Waals surface area (Å²) in [5.41, 5.74) is 2.67. The largest absolute Gasteiger partial charge is 0.332 e. The highest BCUT2D eigenvalue weighted by Crippen LogP contribution is 2.24. The molecule has 16 heavy (non-hydrogen) atoms. The summed E-state index contributed by atoms with van der Waals surface area (Å²) in [6.07, 6.45) is 0. The van der Waals surface area contributed by atoms with Crippen molar-refractivity contribution in [1.29, 1.82) is 5.26 Å². The predicted molar refractivity (Wildman–Crippen MR) is 66.0 cm³/mol. The normalized spacial score (nSPS) is 9.81. The van der Waals surface area contributed by atoms with Gasteiger partial charge < -0.3 is 5.32 Å². The molecule has 1 aromatic heterocycles. The fraction of sp³-hybridized carbons (Fsp3) is 0.167. The zero-order chi connectivity index (χ0) is 11.5. The molecule has 1 heterocycles. The van der Waals surface area contributed by atoms with Crippen LogP contribution in [0.25, 0.3) is 0 Å². The summed E-state index contributed by atoms with van der Waals surface area (Å²) in [5.74, 6) is 0. The Morgan fingerprint density at radius 2 is 1.94 bits per heavy atom. The summed E-state index contributed by atoms with van der Waals surface area (Å²) in [4.78, 5) is 5.61. The number of nitrogens with zero attached hydrogens (tertiary/aromatic N) is 2. The van der Waals surface area contributed by atoms with Crippen LogP contribution in [0.5, 0.6) is 0 Å². The van der Waals surface area contributed by atoms with E-state index in [1.807, 2.05) is 19.1 Å². The molecule has 0 bridgehead atoms. The van der Waals surface area contributed by atoms with Crippen molar-refractivity contribution in [3.8, 4) is 6.07 Å². The van der Waals surface area contributed by atoms with E-state index in [1.165, 1.54) is 4.88 Å². The first-order valence-corrected chi connectivity index (χ1v) is 5.72. The van der Waals surface area contributed by atoms with Gasteiger partial charge in [0.05, 0.1) is 17.3 Å². The summed E-state index contributed by atoms with van der Waals surface area (Å²) in [6.45, 7) is 4.05. The Labute approximate surface area is 98.4 Å². The fourth-order valence-electron chi connectivity index (χ4n) is 1.28. The lowest BCUT2D eigenvalue weighted by Crippen LogP contribution is -1.89. The molecule has 0 radical (unpaired) electrons. The summed E-state index contributed by atoms with van der Waals surface area (Å²) in [5, 5.41) is 12.8. The third kappa shape index (κ3) is 2.20. The molecule has 0 aliphatic heterocycles. The zero-order valence-electron chi connectivity index (χ0n) is 9.11. The Balaban J connectivity index is 2.18. The molecule has 0 spiro atoms. The lowest BCUT2D eigenvalue weighted by Gasteiger charge is -2.01. The lowest BCUT2D eigenvalue weighted by atomic mass is 10.2. The molecule has 2 rings (SSSR count). The van der Waals surface area contributed by atoms with Gasteiger partial charge >= 0.3 is 0 Å². The Hall–Kier alpha value is -1.86. The highest BCUT2D eigenvalue weighted by molar-refractivity contribution is 7.15. The third-order valence-corrected chi connectivity index (χ3v) is 3.28. The Morgan fingerprint density at radius 1 is 1.25 bits per heavy atom. The second-order valence-corrected chi connectivity index (χ2v) is 4.68. The van der Waals surface area contributed by atoms with Gasteiger partial charge in [-0.25, -0.2) is 4.98 Å². The van der Waals surface area contributed by atoms with E-state index in [0.29, 0.717) is 5.56 Å². The van der Waals surface area contributed by atoms with Crippen LogP contribution in [0.15, 0.2) is 24.3 Å². The van der Waals surface area contributed by atoms with Crippen LogP contribution < -0.4 is 5.32 Å². The van der Waals surface area contributed by atoms with Gasteiger partial charge in [0.25, 0.3) is 0 Å². The van der Waals surface area contributed by atoms with Crippen LogP contribution in [0.1, 0.15) is 16.1 Å². The van der Waals surface area contributed by atoms with Crippen molar-refractivity contribution in [2.75, 3.05) is 5.32 Å². The molecule has 0 aliphatic carbocycles. The molecule has 80 valence electrons. The van der Waals surface area contributed by atoms with Gasteiger partial charge in [-0.2, -0.15) is 5.26 Å². The van der Waals surface area contributed by atoms with E-state index in [0.717, 1.165) is 16.5 Å².